The molecule has 10 nitrogen and oxygen atoms in total. The summed E-state index contributed by atoms with van der Waals surface area (Å²) in [5, 5.41) is 7.75. The van der Waals surface area contributed by atoms with Crippen molar-refractivity contribution in [1.29, 1.82) is 0 Å². The van der Waals surface area contributed by atoms with Crippen LogP contribution in [0.1, 0.15) is 10.4 Å². The Morgan fingerprint density at radius 1 is 0.932 bits per heavy atom. The number of hydrogen-bond donors (Lipinski definition) is 2. The van der Waals surface area contributed by atoms with E-state index < -0.39 is 23.1 Å². The molecule has 0 unspecified atom stereocenters. The summed E-state index contributed by atoms with van der Waals surface area (Å²) in [6, 6.07) is 15.9. The molecule has 2 N–H and O–H groups in total. The first-order chi connectivity index (χ1) is 21.5. The lowest BCUT2D eigenvalue weighted by Crippen LogP contribution is -2.36. The molecule has 1 fully saturated rings. The van der Waals surface area contributed by atoms with E-state index in [9.17, 15) is 13.6 Å². The fraction of sp³-hybridized carbons (Fsp3) is 0.129. The fourth-order valence-electron chi connectivity index (χ4n) is 5.00. The smallest absolute Gasteiger partial charge is 0.261 e. The van der Waals surface area contributed by atoms with Gasteiger partial charge in [-0.25, -0.2) is 28.7 Å². The van der Waals surface area contributed by atoms with Crippen molar-refractivity contribution in [2.24, 2.45) is 0 Å². The maximum Gasteiger partial charge on any atom is 0.261 e. The van der Waals surface area contributed by atoms with Crippen molar-refractivity contribution in [3.05, 3.63) is 102 Å². The zero-order valence-electron chi connectivity index (χ0n) is 23.1. The van der Waals surface area contributed by atoms with E-state index in [-0.39, 0.29) is 0 Å². The van der Waals surface area contributed by atoms with Crippen molar-refractivity contribution in [3.63, 3.8) is 0 Å². The molecule has 1 saturated heterocycles. The van der Waals surface area contributed by atoms with Crippen LogP contribution >= 0.6 is 11.3 Å². The average Bonchev–Trinajstić information content (AvgIpc) is 3.64. The molecule has 0 spiro atoms. The maximum atomic E-state index is 14.2. The molecular formula is C31H24F2N8O2S. The Bertz CT molecular complexity index is 1950. The Labute approximate surface area is 254 Å². The van der Waals surface area contributed by atoms with E-state index in [4.69, 9.17) is 14.7 Å². The summed E-state index contributed by atoms with van der Waals surface area (Å²) < 4.78 is 35.8. The standard InChI is InChI=1S/C31H24F2N8O2S/c32-22-5-2-6-23(33)26(22)29(42)36-20-4-1-3-19(17-20)27-28(41-13-16-44-31(41)39-27)24-9-10-34-30(38-24)37-21-7-8-25(35-18-21)40-11-14-43-15-12-40/h1-10,13,16-18H,11-12,14-15H2,(H,36,42)(H,34,37,38). The molecule has 1 amide bonds. The number of imidazole rings is 1. The maximum absolute atomic E-state index is 14.2. The van der Waals surface area contributed by atoms with Crippen molar-refractivity contribution in [3.8, 4) is 22.6 Å². The minimum atomic E-state index is -0.938. The van der Waals surface area contributed by atoms with Gasteiger partial charge in [0.2, 0.25) is 5.95 Å². The summed E-state index contributed by atoms with van der Waals surface area (Å²) in [4.78, 5) is 34.3. The molecule has 220 valence electrons. The summed E-state index contributed by atoms with van der Waals surface area (Å²) >= 11 is 1.47. The number of ether oxygens (including phenoxy) is 1. The van der Waals surface area contributed by atoms with Crippen molar-refractivity contribution >= 4 is 45.3 Å². The van der Waals surface area contributed by atoms with Gasteiger partial charge in [0.1, 0.15) is 28.7 Å². The summed E-state index contributed by atoms with van der Waals surface area (Å²) in [6.45, 7) is 2.97. The van der Waals surface area contributed by atoms with Gasteiger partial charge >= 0.3 is 0 Å². The number of carbonyl (C=O) groups is 1. The number of morpholine rings is 1. The van der Waals surface area contributed by atoms with Gasteiger partial charge in [0.25, 0.3) is 5.91 Å². The average molecular weight is 611 g/mol. The molecule has 0 atom stereocenters. The van der Waals surface area contributed by atoms with Crippen LogP contribution in [0.2, 0.25) is 0 Å². The zero-order chi connectivity index (χ0) is 30.0. The van der Waals surface area contributed by atoms with E-state index >= 15 is 0 Å². The van der Waals surface area contributed by atoms with E-state index in [1.54, 1.807) is 36.7 Å². The summed E-state index contributed by atoms with van der Waals surface area (Å²) in [7, 11) is 0. The van der Waals surface area contributed by atoms with E-state index in [1.807, 2.05) is 34.2 Å². The largest absolute Gasteiger partial charge is 0.378 e. The molecular weight excluding hydrogens is 586 g/mol. The van der Waals surface area contributed by atoms with Crippen molar-refractivity contribution < 1.29 is 18.3 Å². The lowest BCUT2D eigenvalue weighted by atomic mass is 10.1. The number of halogens is 2. The van der Waals surface area contributed by atoms with E-state index in [0.29, 0.717) is 41.8 Å². The Hall–Kier alpha value is -5.27. The van der Waals surface area contributed by atoms with Crippen LogP contribution < -0.4 is 15.5 Å². The van der Waals surface area contributed by atoms with Gasteiger partial charge in [-0.1, -0.05) is 18.2 Å². The van der Waals surface area contributed by atoms with E-state index in [0.717, 1.165) is 47.4 Å². The van der Waals surface area contributed by atoms with Gasteiger partial charge in [-0.2, -0.15) is 0 Å². The number of nitrogens with one attached hydrogen (secondary N) is 2. The SMILES string of the molecule is O=C(Nc1cccc(-c2nc3sccn3c2-c2ccnc(Nc3ccc(N4CCOCC4)nc3)n2)c1)c1c(F)cccc1F. The number of aromatic nitrogens is 5. The highest BCUT2D eigenvalue weighted by Crippen LogP contribution is 2.35. The number of rotatable bonds is 7. The minimum absolute atomic E-state index is 0.357. The highest BCUT2D eigenvalue weighted by atomic mass is 32.1. The van der Waals surface area contributed by atoms with Gasteiger partial charge in [-0.15, -0.1) is 11.3 Å². The lowest BCUT2D eigenvalue weighted by Gasteiger charge is -2.27. The number of anilines is 4. The van der Waals surface area contributed by atoms with Crippen LogP contribution in [-0.2, 0) is 4.74 Å². The zero-order valence-corrected chi connectivity index (χ0v) is 23.9. The number of carbonyl (C=O) groups excluding carboxylic acids is 1. The van der Waals surface area contributed by atoms with Crippen molar-refractivity contribution in [1.82, 2.24) is 24.3 Å². The van der Waals surface area contributed by atoms with Crippen LogP contribution in [-0.4, -0.2) is 56.5 Å². The van der Waals surface area contributed by atoms with Crippen LogP contribution in [0.15, 0.2) is 84.6 Å². The van der Waals surface area contributed by atoms with Crippen LogP contribution in [0.5, 0.6) is 0 Å². The third kappa shape index (κ3) is 5.45. The van der Waals surface area contributed by atoms with Crippen molar-refractivity contribution in [2.45, 2.75) is 0 Å². The first-order valence-corrected chi connectivity index (χ1v) is 14.6. The van der Waals surface area contributed by atoms with Crippen molar-refractivity contribution in [2.75, 3.05) is 41.8 Å². The van der Waals surface area contributed by atoms with Gasteiger partial charge in [-0.05, 0) is 42.5 Å². The number of nitrogens with zero attached hydrogens (tertiary/aromatic N) is 6. The van der Waals surface area contributed by atoms with Crippen LogP contribution in [0.3, 0.4) is 0 Å². The molecule has 0 bridgehead atoms. The minimum Gasteiger partial charge on any atom is -0.378 e. The number of thiazole rings is 1. The summed E-state index contributed by atoms with van der Waals surface area (Å²) in [5.41, 5.74) is 3.08. The Morgan fingerprint density at radius 3 is 2.55 bits per heavy atom. The molecule has 0 saturated carbocycles. The van der Waals surface area contributed by atoms with Gasteiger partial charge in [-0.3, -0.25) is 9.20 Å². The number of benzene rings is 2. The van der Waals surface area contributed by atoms with Crippen LogP contribution in [0.4, 0.5) is 31.9 Å². The summed E-state index contributed by atoms with van der Waals surface area (Å²) in [6.07, 6.45) is 5.31. The van der Waals surface area contributed by atoms with Crippen LogP contribution in [0, 0.1) is 11.6 Å². The second-order valence-electron chi connectivity index (χ2n) is 9.89. The van der Waals surface area contributed by atoms with Gasteiger partial charge < -0.3 is 20.3 Å². The molecule has 6 aromatic rings. The molecule has 0 radical (unpaired) electrons. The normalized spacial score (nSPS) is 13.3. The monoisotopic (exact) mass is 610 g/mol. The molecule has 0 aliphatic carbocycles. The Balaban J connectivity index is 1.17. The van der Waals surface area contributed by atoms with E-state index in [1.165, 1.54) is 17.4 Å². The quantitative estimate of drug-likeness (QED) is 0.226. The molecule has 4 aromatic heterocycles. The molecule has 1 aliphatic rings. The number of amides is 1. The highest BCUT2D eigenvalue weighted by molar-refractivity contribution is 7.15. The highest BCUT2D eigenvalue weighted by Gasteiger charge is 2.21. The first-order valence-electron chi connectivity index (χ1n) is 13.7. The number of fused-ring (bicyclic) bond motifs is 1. The second-order valence-corrected chi connectivity index (χ2v) is 10.8. The lowest BCUT2D eigenvalue weighted by molar-refractivity contribution is 0.101. The van der Waals surface area contributed by atoms with Gasteiger partial charge in [0.05, 0.1) is 36.5 Å². The Morgan fingerprint density at radius 2 is 1.75 bits per heavy atom. The second kappa shape index (κ2) is 11.8. The number of pyridine rings is 1. The topological polar surface area (TPSA) is 110 Å². The molecule has 5 heterocycles. The van der Waals surface area contributed by atoms with E-state index in [2.05, 4.69) is 25.5 Å². The predicted octanol–water partition coefficient (Wildman–Crippen LogP) is 6.03. The Kier molecular flexibility index (Phi) is 7.38. The molecule has 1 aliphatic heterocycles. The van der Waals surface area contributed by atoms with Gasteiger partial charge in [0.15, 0.2) is 4.96 Å². The first kappa shape index (κ1) is 27.6. The third-order valence-electron chi connectivity index (χ3n) is 7.08. The predicted molar refractivity (Wildman–Crippen MR) is 164 cm³/mol. The molecule has 7 rings (SSSR count). The fourth-order valence-corrected chi connectivity index (χ4v) is 5.72. The molecule has 13 heteroatoms. The van der Waals surface area contributed by atoms with Crippen LogP contribution in [0.25, 0.3) is 27.6 Å². The number of hydrogen-bond acceptors (Lipinski definition) is 9. The van der Waals surface area contributed by atoms with Gasteiger partial charge in [0, 0.05) is 42.1 Å². The molecule has 44 heavy (non-hydrogen) atoms. The third-order valence-corrected chi connectivity index (χ3v) is 7.84. The molecule has 2 aromatic carbocycles. The summed E-state index contributed by atoms with van der Waals surface area (Å²) in [5.74, 6) is -1.50.